The van der Waals surface area contributed by atoms with Gasteiger partial charge in [-0.15, -0.1) is 24.0 Å². The number of furan rings is 1. The van der Waals surface area contributed by atoms with E-state index < -0.39 is 5.60 Å². The third kappa shape index (κ3) is 7.50. The van der Waals surface area contributed by atoms with Crippen molar-refractivity contribution in [1.29, 1.82) is 0 Å². The molecule has 1 aromatic heterocycles. The van der Waals surface area contributed by atoms with Crippen LogP contribution in [0.4, 0.5) is 4.79 Å². The third-order valence-electron chi connectivity index (χ3n) is 6.40. The highest BCUT2D eigenvalue weighted by molar-refractivity contribution is 14.0. The van der Waals surface area contributed by atoms with Crippen LogP contribution < -0.4 is 10.6 Å². The molecule has 3 atom stereocenters. The molecule has 3 unspecified atom stereocenters. The fourth-order valence-corrected chi connectivity index (χ4v) is 4.99. The van der Waals surface area contributed by atoms with Gasteiger partial charge in [0.25, 0.3) is 0 Å². The van der Waals surface area contributed by atoms with Crippen LogP contribution in [-0.2, 0) is 15.9 Å². The summed E-state index contributed by atoms with van der Waals surface area (Å²) >= 11 is 0. The van der Waals surface area contributed by atoms with Crippen LogP contribution in [0.1, 0.15) is 65.1 Å². The van der Waals surface area contributed by atoms with Gasteiger partial charge in [0, 0.05) is 37.7 Å². The molecule has 3 saturated heterocycles. The van der Waals surface area contributed by atoms with E-state index in [1.165, 1.54) is 0 Å². The maximum atomic E-state index is 12.7. The van der Waals surface area contributed by atoms with E-state index in [-0.39, 0.29) is 54.3 Å². The quantitative estimate of drug-likeness (QED) is 0.303. The highest BCUT2D eigenvalue weighted by Crippen LogP contribution is 2.36. The van der Waals surface area contributed by atoms with Crippen LogP contribution in [0.2, 0.25) is 0 Å². The van der Waals surface area contributed by atoms with Crippen molar-refractivity contribution in [1.82, 2.24) is 15.5 Å². The number of hydrogen-bond acceptors (Lipinski definition) is 5. The Morgan fingerprint density at radius 3 is 2.61 bits per heavy atom. The van der Waals surface area contributed by atoms with E-state index in [4.69, 9.17) is 18.9 Å². The lowest BCUT2D eigenvalue weighted by Gasteiger charge is -2.40. The Labute approximate surface area is 214 Å². The molecule has 9 heteroatoms. The third-order valence-corrected chi connectivity index (χ3v) is 6.40. The number of ether oxygens (including phenoxy) is 2. The number of piperidine rings is 1. The minimum atomic E-state index is -0.467. The normalized spacial score (nSPS) is 27.2. The van der Waals surface area contributed by atoms with Gasteiger partial charge >= 0.3 is 6.09 Å². The zero-order valence-electron chi connectivity index (χ0n) is 20.0. The molecular formula is C24H39IN4O4. The Hall–Kier alpha value is -1.49. The second kappa shape index (κ2) is 11.8. The van der Waals surface area contributed by atoms with Gasteiger partial charge < -0.3 is 29.4 Å². The van der Waals surface area contributed by atoms with Crippen molar-refractivity contribution >= 4 is 36.0 Å². The number of rotatable bonds is 6. The lowest BCUT2D eigenvalue weighted by Crippen LogP contribution is -2.55. The Kier molecular flexibility index (Phi) is 9.32. The summed E-state index contributed by atoms with van der Waals surface area (Å²) in [4.78, 5) is 19.5. The first-order chi connectivity index (χ1) is 15.4. The van der Waals surface area contributed by atoms with Crippen molar-refractivity contribution in [2.45, 2.75) is 95.5 Å². The summed E-state index contributed by atoms with van der Waals surface area (Å²) in [6, 6.07) is 4.63. The SMILES string of the molecule is CC(C)(C)OC(=O)N1C2CCC1CC(NC(=NCC1CCCO1)NCCc1ccco1)C2.I. The average molecular weight is 575 g/mol. The maximum Gasteiger partial charge on any atom is 0.410 e. The van der Waals surface area contributed by atoms with Crippen molar-refractivity contribution in [3.8, 4) is 0 Å². The Morgan fingerprint density at radius 2 is 2.00 bits per heavy atom. The average Bonchev–Trinajstić information content (AvgIpc) is 3.46. The number of nitrogens with zero attached hydrogens (tertiary/aromatic N) is 2. The van der Waals surface area contributed by atoms with Gasteiger partial charge in [-0.3, -0.25) is 4.99 Å². The summed E-state index contributed by atoms with van der Waals surface area (Å²) < 4.78 is 16.9. The number of guanidine groups is 1. The second-order valence-corrected chi connectivity index (χ2v) is 10.2. The molecule has 0 saturated carbocycles. The van der Waals surface area contributed by atoms with Gasteiger partial charge in [-0.1, -0.05) is 0 Å². The Bertz CT molecular complexity index is 760. The van der Waals surface area contributed by atoms with Crippen molar-refractivity contribution in [3.05, 3.63) is 24.2 Å². The van der Waals surface area contributed by atoms with Crippen molar-refractivity contribution < 1.29 is 18.7 Å². The van der Waals surface area contributed by atoms with Crippen LogP contribution in [0.15, 0.2) is 27.8 Å². The molecule has 186 valence electrons. The summed E-state index contributed by atoms with van der Waals surface area (Å²) in [6.45, 7) is 8.01. The van der Waals surface area contributed by atoms with Gasteiger partial charge in [0.05, 0.1) is 18.9 Å². The summed E-state index contributed by atoms with van der Waals surface area (Å²) in [5, 5.41) is 7.11. The van der Waals surface area contributed by atoms with Gasteiger partial charge in [0.2, 0.25) is 0 Å². The lowest BCUT2D eigenvalue weighted by atomic mass is 9.98. The first-order valence-corrected chi connectivity index (χ1v) is 12.1. The monoisotopic (exact) mass is 574 g/mol. The Morgan fingerprint density at radius 1 is 1.24 bits per heavy atom. The highest BCUT2D eigenvalue weighted by Gasteiger charge is 2.45. The predicted octanol–water partition coefficient (Wildman–Crippen LogP) is 4.08. The van der Waals surface area contributed by atoms with E-state index in [0.29, 0.717) is 6.54 Å². The first kappa shape index (κ1) is 26.1. The number of amides is 1. The van der Waals surface area contributed by atoms with E-state index in [9.17, 15) is 4.79 Å². The highest BCUT2D eigenvalue weighted by atomic mass is 127. The number of nitrogens with one attached hydrogen (secondary N) is 2. The largest absolute Gasteiger partial charge is 0.469 e. The Balaban J connectivity index is 0.00000306. The molecule has 0 radical (unpaired) electrons. The molecule has 1 aromatic rings. The molecule has 4 rings (SSSR count). The van der Waals surface area contributed by atoms with E-state index in [1.54, 1.807) is 6.26 Å². The second-order valence-electron chi connectivity index (χ2n) is 10.2. The molecule has 33 heavy (non-hydrogen) atoms. The summed E-state index contributed by atoms with van der Waals surface area (Å²) in [7, 11) is 0. The smallest absolute Gasteiger partial charge is 0.410 e. The van der Waals surface area contributed by atoms with Crippen LogP contribution >= 0.6 is 24.0 Å². The molecule has 4 heterocycles. The maximum absolute atomic E-state index is 12.7. The van der Waals surface area contributed by atoms with Crippen molar-refractivity contribution in [2.75, 3.05) is 19.7 Å². The number of carbonyl (C=O) groups excluding carboxylic acids is 1. The summed E-state index contributed by atoms with van der Waals surface area (Å²) in [5.41, 5.74) is -0.467. The topological polar surface area (TPSA) is 88.3 Å². The minimum absolute atomic E-state index is 0. The number of aliphatic imine (C=N–C) groups is 1. The zero-order chi connectivity index (χ0) is 22.6. The molecule has 1 amide bonds. The van der Waals surface area contributed by atoms with Crippen LogP contribution in [0.3, 0.4) is 0 Å². The van der Waals surface area contributed by atoms with E-state index in [1.807, 2.05) is 37.8 Å². The van der Waals surface area contributed by atoms with Crippen LogP contribution in [0.5, 0.6) is 0 Å². The summed E-state index contributed by atoms with van der Waals surface area (Å²) in [6.07, 6.45) is 8.62. The van der Waals surface area contributed by atoms with Gasteiger partial charge in [0.15, 0.2) is 5.96 Å². The van der Waals surface area contributed by atoms with Gasteiger partial charge in [0.1, 0.15) is 11.4 Å². The van der Waals surface area contributed by atoms with E-state index >= 15 is 0 Å². The van der Waals surface area contributed by atoms with Crippen LogP contribution in [0.25, 0.3) is 0 Å². The van der Waals surface area contributed by atoms with Gasteiger partial charge in [-0.25, -0.2) is 4.79 Å². The molecule has 0 aliphatic carbocycles. The number of carbonyl (C=O) groups is 1. The molecule has 8 nitrogen and oxygen atoms in total. The van der Waals surface area contributed by atoms with Gasteiger partial charge in [-0.2, -0.15) is 0 Å². The summed E-state index contributed by atoms with van der Waals surface area (Å²) in [5.74, 6) is 1.78. The number of fused-ring (bicyclic) bond motifs is 2. The van der Waals surface area contributed by atoms with E-state index in [0.717, 1.165) is 69.8 Å². The molecule has 2 N–H and O–H groups in total. The fourth-order valence-electron chi connectivity index (χ4n) is 4.99. The fraction of sp³-hybridized carbons (Fsp3) is 0.750. The molecule has 3 aliphatic heterocycles. The van der Waals surface area contributed by atoms with Crippen LogP contribution in [0, 0.1) is 0 Å². The van der Waals surface area contributed by atoms with Crippen molar-refractivity contribution in [2.24, 2.45) is 4.99 Å². The predicted molar refractivity (Wildman–Crippen MR) is 138 cm³/mol. The standard InChI is InChI=1S/C24H38N4O4.HI/c1-24(2,3)32-23(29)28-18-8-9-19(28)15-17(14-18)27-22(26-16-21-7-5-13-31-21)25-11-10-20-6-4-12-30-20;/h4,6,12,17-19,21H,5,7-11,13-16H2,1-3H3,(H2,25,26,27);1H. The molecule has 0 spiro atoms. The molecule has 2 bridgehead atoms. The minimum Gasteiger partial charge on any atom is -0.469 e. The first-order valence-electron chi connectivity index (χ1n) is 12.1. The van der Waals surface area contributed by atoms with Crippen LogP contribution in [-0.4, -0.2) is 66.5 Å². The molecule has 3 aliphatic rings. The molecule has 0 aromatic carbocycles. The number of hydrogen-bond donors (Lipinski definition) is 2. The zero-order valence-corrected chi connectivity index (χ0v) is 22.4. The molecule has 3 fully saturated rings. The van der Waals surface area contributed by atoms with Gasteiger partial charge in [-0.05, 0) is 71.4 Å². The number of halogens is 1. The van der Waals surface area contributed by atoms with E-state index in [2.05, 4.69) is 10.6 Å². The van der Waals surface area contributed by atoms with Crippen molar-refractivity contribution in [3.63, 3.8) is 0 Å². The molecular weight excluding hydrogens is 535 g/mol. The lowest BCUT2D eigenvalue weighted by molar-refractivity contribution is 0.00544.